The topological polar surface area (TPSA) is 23.6 Å². The van der Waals surface area contributed by atoms with E-state index in [0.717, 1.165) is 63.4 Å². The Morgan fingerprint density at radius 1 is 1.22 bits per heavy atom. The van der Waals surface area contributed by atoms with Gasteiger partial charge in [-0.15, -0.1) is 0 Å². The van der Waals surface area contributed by atoms with Crippen molar-refractivity contribution >= 4 is 17.5 Å². The van der Waals surface area contributed by atoms with Crippen molar-refractivity contribution in [3.8, 4) is 0 Å². The highest BCUT2D eigenvalue weighted by Gasteiger charge is 2.19. The fourth-order valence-electron chi connectivity index (χ4n) is 3.25. The van der Waals surface area contributed by atoms with E-state index < -0.39 is 0 Å². The maximum Gasteiger partial charge on any atom is 0.222 e. The van der Waals surface area contributed by atoms with E-state index in [1.54, 1.807) is 0 Å². The van der Waals surface area contributed by atoms with Crippen molar-refractivity contribution in [2.45, 2.75) is 45.4 Å². The smallest absolute Gasteiger partial charge is 0.222 e. The highest BCUT2D eigenvalue weighted by atomic mass is 35.5. The minimum absolute atomic E-state index is 0.332. The van der Waals surface area contributed by atoms with Gasteiger partial charge in [-0.25, -0.2) is 0 Å². The summed E-state index contributed by atoms with van der Waals surface area (Å²) in [7, 11) is 0. The highest BCUT2D eigenvalue weighted by molar-refractivity contribution is 6.30. The van der Waals surface area contributed by atoms with Crippen molar-refractivity contribution < 1.29 is 4.79 Å². The van der Waals surface area contributed by atoms with Crippen LogP contribution in [0.5, 0.6) is 0 Å². The van der Waals surface area contributed by atoms with Crippen LogP contribution in [0.1, 0.15) is 51.0 Å². The van der Waals surface area contributed by atoms with Crippen LogP contribution in [0.4, 0.5) is 0 Å². The molecule has 1 atom stereocenters. The average molecular weight is 337 g/mol. The number of hydrogen-bond acceptors (Lipinski definition) is 2. The van der Waals surface area contributed by atoms with Crippen LogP contribution in [0.15, 0.2) is 24.3 Å². The summed E-state index contributed by atoms with van der Waals surface area (Å²) in [5.74, 6) is 0.800. The fourth-order valence-corrected chi connectivity index (χ4v) is 3.38. The molecule has 1 aromatic carbocycles. The van der Waals surface area contributed by atoms with Gasteiger partial charge in [0.05, 0.1) is 0 Å². The zero-order chi connectivity index (χ0) is 16.7. The number of nitrogens with zero attached hydrogens (tertiary/aromatic N) is 2. The Balaban J connectivity index is 1.87. The van der Waals surface area contributed by atoms with Gasteiger partial charge in [-0.05, 0) is 49.4 Å². The van der Waals surface area contributed by atoms with Gasteiger partial charge in [0.25, 0.3) is 0 Å². The predicted octanol–water partition coefficient (Wildman–Crippen LogP) is 4.17. The number of carbonyl (C=O) groups excluding carboxylic acids is 1. The van der Waals surface area contributed by atoms with Gasteiger partial charge in [0.1, 0.15) is 0 Å². The number of piperidine rings is 1. The lowest BCUT2D eigenvalue weighted by Crippen LogP contribution is -2.42. The standard InChI is InChI=1S/C19H29ClN2O/c1-3-11-21(13-14-22-12-5-4-6-19(22)23)15-16(2)17-7-9-18(20)10-8-17/h7-10,16H,3-6,11-15H2,1-2H3. The normalized spacial score (nSPS) is 16.9. The third kappa shape index (κ3) is 5.82. The van der Waals surface area contributed by atoms with Gasteiger partial charge in [0.15, 0.2) is 0 Å². The summed E-state index contributed by atoms with van der Waals surface area (Å²) < 4.78 is 0. The summed E-state index contributed by atoms with van der Waals surface area (Å²) in [5.41, 5.74) is 1.32. The maximum absolute atomic E-state index is 11.9. The SMILES string of the molecule is CCCN(CCN1CCCCC1=O)CC(C)c1ccc(Cl)cc1. The number of likely N-dealkylation sites (tertiary alicyclic amines) is 1. The van der Waals surface area contributed by atoms with Crippen LogP contribution in [-0.4, -0.2) is 48.4 Å². The van der Waals surface area contributed by atoms with Gasteiger partial charge >= 0.3 is 0 Å². The van der Waals surface area contributed by atoms with Crippen LogP contribution >= 0.6 is 11.6 Å². The minimum atomic E-state index is 0.332. The summed E-state index contributed by atoms with van der Waals surface area (Å²) in [4.78, 5) is 16.5. The van der Waals surface area contributed by atoms with E-state index in [1.807, 2.05) is 17.0 Å². The molecule has 23 heavy (non-hydrogen) atoms. The first-order valence-electron chi connectivity index (χ1n) is 8.85. The molecule has 1 saturated heterocycles. The predicted molar refractivity (Wildman–Crippen MR) is 97.0 cm³/mol. The van der Waals surface area contributed by atoms with Crippen molar-refractivity contribution in [3.63, 3.8) is 0 Å². The summed E-state index contributed by atoms with van der Waals surface area (Å²) in [6.07, 6.45) is 4.08. The van der Waals surface area contributed by atoms with E-state index in [1.165, 1.54) is 5.56 Å². The number of rotatable bonds is 8. The summed E-state index contributed by atoms with van der Waals surface area (Å²) in [6, 6.07) is 8.16. The second kappa shape index (κ2) is 9.29. The third-order valence-corrected chi connectivity index (χ3v) is 4.87. The zero-order valence-electron chi connectivity index (χ0n) is 14.4. The molecule has 1 aliphatic heterocycles. The van der Waals surface area contributed by atoms with Crippen LogP contribution in [-0.2, 0) is 4.79 Å². The van der Waals surface area contributed by atoms with Crippen LogP contribution in [0.3, 0.4) is 0 Å². The Hall–Kier alpha value is -1.06. The molecule has 1 aromatic rings. The molecular formula is C19H29ClN2O. The second-order valence-electron chi connectivity index (χ2n) is 6.59. The molecule has 128 valence electrons. The number of benzene rings is 1. The first-order chi connectivity index (χ1) is 11.1. The quantitative estimate of drug-likeness (QED) is 0.711. The molecule has 0 spiro atoms. The Labute approximate surface area is 145 Å². The number of halogens is 1. The van der Waals surface area contributed by atoms with Crippen LogP contribution in [0, 0.1) is 0 Å². The van der Waals surface area contributed by atoms with E-state index in [0.29, 0.717) is 11.8 Å². The molecule has 0 N–H and O–H groups in total. The molecule has 0 aliphatic carbocycles. The molecule has 1 aliphatic rings. The first kappa shape index (κ1) is 18.3. The summed E-state index contributed by atoms with van der Waals surface area (Å²) in [5, 5.41) is 0.787. The molecule has 2 rings (SSSR count). The monoisotopic (exact) mass is 336 g/mol. The van der Waals surface area contributed by atoms with Crippen molar-refractivity contribution in [3.05, 3.63) is 34.9 Å². The lowest BCUT2D eigenvalue weighted by atomic mass is 10.0. The lowest BCUT2D eigenvalue weighted by Gasteiger charge is -2.31. The van der Waals surface area contributed by atoms with E-state index in [4.69, 9.17) is 11.6 Å². The Kier molecular flexibility index (Phi) is 7.38. The van der Waals surface area contributed by atoms with Gasteiger partial charge in [-0.3, -0.25) is 4.79 Å². The van der Waals surface area contributed by atoms with E-state index in [-0.39, 0.29) is 0 Å². The highest BCUT2D eigenvalue weighted by Crippen LogP contribution is 2.19. The van der Waals surface area contributed by atoms with Crippen molar-refractivity contribution in [2.24, 2.45) is 0 Å². The van der Waals surface area contributed by atoms with Gasteiger partial charge < -0.3 is 9.80 Å². The summed E-state index contributed by atoms with van der Waals surface area (Å²) >= 11 is 5.97. The Morgan fingerprint density at radius 2 is 1.96 bits per heavy atom. The fraction of sp³-hybridized carbons (Fsp3) is 0.632. The van der Waals surface area contributed by atoms with Crippen molar-refractivity contribution in [2.75, 3.05) is 32.7 Å². The molecule has 0 radical (unpaired) electrons. The lowest BCUT2D eigenvalue weighted by molar-refractivity contribution is -0.133. The molecule has 0 aromatic heterocycles. The number of hydrogen-bond donors (Lipinski definition) is 0. The van der Waals surface area contributed by atoms with E-state index in [2.05, 4.69) is 30.9 Å². The number of carbonyl (C=O) groups is 1. The van der Waals surface area contributed by atoms with Crippen molar-refractivity contribution in [1.82, 2.24) is 9.80 Å². The molecule has 1 amide bonds. The van der Waals surface area contributed by atoms with Crippen LogP contribution < -0.4 is 0 Å². The maximum atomic E-state index is 11.9. The minimum Gasteiger partial charge on any atom is -0.341 e. The Bertz CT molecular complexity index is 489. The molecule has 0 saturated carbocycles. The third-order valence-electron chi connectivity index (χ3n) is 4.62. The molecule has 1 fully saturated rings. The molecular weight excluding hydrogens is 308 g/mol. The van der Waals surface area contributed by atoms with Crippen LogP contribution in [0.25, 0.3) is 0 Å². The zero-order valence-corrected chi connectivity index (χ0v) is 15.2. The molecule has 0 bridgehead atoms. The second-order valence-corrected chi connectivity index (χ2v) is 7.03. The number of amides is 1. The molecule has 3 nitrogen and oxygen atoms in total. The van der Waals surface area contributed by atoms with Gasteiger partial charge in [0, 0.05) is 37.6 Å². The van der Waals surface area contributed by atoms with Crippen LogP contribution in [0.2, 0.25) is 5.02 Å². The molecule has 1 heterocycles. The van der Waals surface area contributed by atoms with Gasteiger partial charge in [-0.1, -0.05) is 37.6 Å². The average Bonchev–Trinajstić information content (AvgIpc) is 2.54. The summed E-state index contributed by atoms with van der Waals surface area (Å²) in [6.45, 7) is 9.36. The van der Waals surface area contributed by atoms with Crippen molar-refractivity contribution in [1.29, 1.82) is 0 Å². The largest absolute Gasteiger partial charge is 0.341 e. The molecule has 4 heteroatoms. The van der Waals surface area contributed by atoms with E-state index >= 15 is 0 Å². The Morgan fingerprint density at radius 3 is 2.61 bits per heavy atom. The van der Waals surface area contributed by atoms with Gasteiger partial charge in [0.2, 0.25) is 5.91 Å². The first-order valence-corrected chi connectivity index (χ1v) is 9.23. The molecule has 1 unspecified atom stereocenters. The van der Waals surface area contributed by atoms with E-state index in [9.17, 15) is 4.79 Å². The van der Waals surface area contributed by atoms with Gasteiger partial charge in [-0.2, -0.15) is 0 Å².